The Morgan fingerprint density at radius 1 is 1.38 bits per heavy atom. The predicted octanol–water partition coefficient (Wildman–Crippen LogP) is 2.84. The third-order valence-corrected chi connectivity index (χ3v) is 4.28. The first-order valence-corrected chi connectivity index (χ1v) is 8.57. The number of carbonyl (C=O) groups is 1. The van der Waals surface area contributed by atoms with E-state index in [9.17, 15) is 4.79 Å². The van der Waals surface area contributed by atoms with Crippen LogP contribution >= 0.6 is 11.8 Å². The van der Waals surface area contributed by atoms with Gasteiger partial charge in [-0.05, 0) is 45.2 Å². The summed E-state index contributed by atoms with van der Waals surface area (Å²) in [4.78, 5) is 15.6. The van der Waals surface area contributed by atoms with E-state index in [2.05, 4.69) is 17.4 Å². The van der Waals surface area contributed by atoms with Crippen LogP contribution in [0.1, 0.15) is 20.8 Å². The second-order valence-electron chi connectivity index (χ2n) is 5.60. The van der Waals surface area contributed by atoms with Crippen LogP contribution in [0.5, 0.6) is 0 Å². The topological polar surface area (TPSA) is 41.6 Å². The molecule has 1 aliphatic heterocycles. The van der Waals surface area contributed by atoms with Crippen LogP contribution in [0.3, 0.4) is 0 Å². The van der Waals surface area contributed by atoms with Gasteiger partial charge in [0.05, 0.1) is 12.2 Å². The number of benzene rings is 1. The molecule has 1 amide bonds. The fraction of sp³-hybridized carbons (Fsp3) is 0.562. The molecule has 0 spiro atoms. The van der Waals surface area contributed by atoms with Gasteiger partial charge in [-0.3, -0.25) is 4.79 Å². The number of morpholine rings is 1. The van der Waals surface area contributed by atoms with Gasteiger partial charge in [0, 0.05) is 23.7 Å². The highest BCUT2D eigenvalue weighted by Gasteiger charge is 2.28. The van der Waals surface area contributed by atoms with Crippen LogP contribution in [0.25, 0.3) is 0 Å². The molecule has 1 aliphatic rings. The molecule has 0 unspecified atom stereocenters. The average Bonchev–Trinajstić information content (AvgIpc) is 2.45. The van der Waals surface area contributed by atoms with Gasteiger partial charge in [-0.1, -0.05) is 6.07 Å². The van der Waals surface area contributed by atoms with Crippen LogP contribution in [0.15, 0.2) is 29.2 Å². The molecule has 5 heteroatoms. The summed E-state index contributed by atoms with van der Waals surface area (Å²) >= 11 is 1.70. The second-order valence-corrected chi connectivity index (χ2v) is 6.48. The van der Waals surface area contributed by atoms with Crippen molar-refractivity contribution in [1.82, 2.24) is 4.90 Å². The molecule has 21 heavy (non-hydrogen) atoms. The maximum atomic E-state index is 12.6. The molecule has 0 aromatic heterocycles. The SMILES string of the molecule is CSc1cccc(N[C@H](C)C(=O)N2C[C@@H](C)O[C@H](C)C2)c1. The molecule has 0 radical (unpaired) electrons. The third-order valence-electron chi connectivity index (χ3n) is 3.55. The van der Waals surface area contributed by atoms with Crippen molar-refractivity contribution in [1.29, 1.82) is 0 Å². The molecule has 116 valence electrons. The smallest absolute Gasteiger partial charge is 0.244 e. The van der Waals surface area contributed by atoms with Crippen LogP contribution in [0.4, 0.5) is 5.69 Å². The number of carbonyl (C=O) groups excluding carboxylic acids is 1. The Bertz CT molecular complexity index is 485. The number of rotatable bonds is 4. The van der Waals surface area contributed by atoms with Gasteiger partial charge in [0.1, 0.15) is 6.04 Å². The minimum Gasteiger partial charge on any atom is -0.374 e. The van der Waals surface area contributed by atoms with E-state index in [-0.39, 0.29) is 24.2 Å². The summed E-state index contributed by atoms with van der Waals surface area (Å²) in [6.07, 6.45) is 2.25. The fourth-order valence-corrected chi connectivity index (χ4v) is 3.12. The molecule has 1 heterocycles. The number of ether oxygens (including phenoxy) is 1. The van der Waals surface area contributed by atoms with E-state index in [1.54, 1.807) is 11.8 Å². The van der Waals surface area contributed by atoms with Gasteiger partial charge in [0.15, 0.2) is 0 Å². The highest BCUT2D eigenvalue weighted by molar-refractivity contribution is 7.98. The molecule has 0 bridgehead atoms. The maximum absolute atomic E-state index is 12.6. The first-order valence-electron chi connectivity index (χ1n) is 7.34. The second kappa shape index (κ2) is 7.18. The number of hydrogen-bond acceptors (Lipinski definition) is 4. The van der Waals surface area contributed by atoms with Crippen molar-refractivity contribution in [2.75, 3.05) is 24.7 Å². The fourth-order valence-electron chi connectivity index (χ4n) is 2.66. The zero-order valence-electron chi connectivity index (χ0n) is 13.1. The Balaban J connectivity index is 1.98. The first-order chi connectivity index (χ1) is 9.99. The van der Waals surface area contributed by atoms with Gasteiger partial charge in [-0.15, -0.1) is 11.8 Å². The lowest BCUT2D eigenvalue weighted by molar-refractivity contribution is -0.143. The van der Waals surface area contributed by atoms with Gasteiger partial charge < -0.3 is 15.0 Å². The van der Waals surface area contributed by atoms with E-state index in [1.165, 1.54) is 4.90 Å². The van der Waals surface area contributed by atoms with Crippen molar-refractivity contribution in [3.05, 3.63) is 24.3 Å². The standard InChI is InChI=1S/C16H24N2O2S/c1-11-9-18(10-12(2)20-11)16(19)13(3)17-14-6-5-7-15(8-14)21-4/h5-8,11-13,17H,9-10H2,1-4H3/t11-,12-,13-/m1/s1. The number of nitrogens with zero attached hydrogens (tertiary/aromatic N) is 1. The van der Waals surface area contributed by atoms with E-state index in [4.69, 9.17) is 4.74 Å². The van der Waals surface area contributed by atoms with E-state index in [1.807, 2.05) is 44.1 Å². The summed E-state index contributed by atoms with van der Waals surface area (Å²) in [5.74, 6) is 0.131. The van der Waals surface area contributed by atoms with Gasteiger partial charge in [0.25, 0.3) is 0 Å². The lowest BCUT2D eigenvalue weighted by Crippen LogP contribution is -2.52. The van der Waals surface area contributed by atoms with Crippen molar-refractivity contribution in [3.8, 4) is 0 Å². The molecule has 1 N–H and O–H groups in total. The summed E-state index contributed by atoms with van der Waals surface area (Å²) in [7, 11) is 0. The van der Waals surface area contributed by atoms with Crippen molar-refractivity contribution in [2.24, 2.45) is 0 Å². The number of amides is 1. The molecule has 1 fully saturated rings. The van der Waals surface area contributed by atoms with Crippen molar-refractivity contribution >= 4 is 23.4 Å². The zero-order chi connectivity index (χ0) is 15.4. The van der Waals surface area contributed by atoms with E-state index < -0.39 is 0 Å². The first kappa shape index (κ1) is 16.2. The minimum absolute atomic E-state index is 0.102. The molecule has 4 nitrogen and oxygen atoms in total. The Hall–Kier alpha value is -1.20. The van der Waals surface area contributed by atoms with Gasteiger partial charge in [-0.25, -0.2) is 0 Å². The molecule has 1 aromatic rings. The van der Waals surface area contributed by atoms with Gasteiger partial charge in [0.2, 0.25) is 5.91 Å². The molecular formula is C16H24N2O2S. The molecule has 2 rings (SSSR count). The molecule has 3 atom stereocenters. The molecule has 0 aliphatic carbocycles. The van der Waals surface area contributed by atoms with Crippen molar-refractivity contribution < 1.29 is 9.53 Å². The van der Waals surface area contributed by atoms with E-state index in [0.717, 1.165) is 5.69 Å². The molecule has 1 aromatic carbocycles. The summed E-state index contributed by atoms with van der Waals surface area (Å²) in [6, 6.07) is 7.89. The Morgan fingerprint density at radius 3 is 2.67 bits per heavy atom. The molecular weight excluding hydrogens is 284 g/mol. The highest BCUT2D eigenvalue weighted by Crippen LogP contribution is 2.20. The summed E-state index contributed by atoms with van der Waals surface area (Å²) in [5.41, 5.74) is 0.983. The average molecular weight is 308 g/mol. The van der Waals surface area contributed by atoms with Crippen LogP contribution < -0.4 is 5.32 Å². The highest BCUT2D eigenvalue weighted by atomic mass is 32.2. The van der Waals surface area contributed by atoms with Gasteiger partial charge >= 0.3 is 0 Å². The largest absolute Gasteiger partial charge is 0.374 e. The number of nitrogens with one attached hydrogen (secondary N) is 1. The normalized spacial score (nSPS) is 23.7. The Labute approximate surface area is 131 Å². The van der Waals surface area contributed by atoms with E-state index in [0.29, 0.717) is 13.1 Å². The van der Waals surface area contributed by atoms with Gasteiger partial charge in [-0.2, -0.15) is 0 Å². The van der Waals surface area contributed by atoms with Crippen molar-refractivity contribution in [2.45, 2.75) is 43.9 Å². The number of hydrogen-bond donors (Lipinski definition) is 1. The summed E-state index contributed by atoms with van der Waals surface area (Å²) in [5, 5.41) is 3.30. The lowest BCUT2D eigenvalue weighted by atomic mass is 10.2. The number of anilines is 1. The predicted molar refractivity (Wildman–Crippen MR) is 87.9 cm³/mol. The summed E-state index contributed by atoms with van der Waals surface area (Å²) < 4.78 is 5.68. The third kappa shape index (κ3) is 4.38. The van der Waals surface area contributed by atoms with Crippen LogP contribution in [0, 0.1) is 0 Å². The lowest BCUT2D eigenvalue weighted by Gasteiger charge is -2.36. The maximum Gasteiger partial charge on any atom is 0.244 e. The summed E-state index contributed by atoms with van der Waals surface area (Å²) in [6.45, 7) is 7.27. The van der Waals surface area contributed by atoms with Crippen LogP contribution in [0.2, 0.25) is 0 Å². The van der Waals surface area contributed by atoms with Crippen LogP contribution in [-0.4, -0.2) is 48.4 Å². The number of thioether (sulfide) groups is 1. The molecule has 0 saturated carbocycles. The Kier molecular flexibility index (Phi) is 5.53. The van der Waals surface area contributed by atoms with Crippen molar-refractivity contribution in [3.63, 3.8) is 0 Å². The minimum atomic E-state index is -0.236. The Morgan fingerprint density at radius 2 is 2.05 bits per heavy atom. The van der Waals surface area contributed by atoms with Crippen LogP contribution in [-0.2, 0) is 9.53 Å². The zero-order valence-corrected chi connectivity index (χ0v) is 13.9. The molecule has 1 saturated heterocycles. The monoisotopic (exact) mass is 308 g/mol. The van der Waals surface area contributed by atoms with E-state index >= 15 is 0 Å². The quantitative estimate of drug-likeness (QED) is 0.869.